The summed E-state index contributed by atoms with van der Waals surface area (Å²) < 4.78 is 12.6. The number of para-hydroxylation sites is 1. The molecule has 5 heteroatoms. The van der Waals surface area contributed by atoms with E-state index in [2.05, 4.69) is 48.5 Å². The van der Waals surface area contributed by atoms with E-state index in [1.165, 1.54) is 0 Å². The van der Waals surface area contributed by atoms with Crippen molar-refractivity contribution < 1.29 is 8.83 Å². The van der Waals surface area contributed by atoms with Crippen LogP contribution in [0, 0.1) is 0 Å². The van der Waals surface area contributed by atoms with E-state index in [1.54, 1.807) is 0 Å². The summed E-state index contributed by atoms with van der Waals surface area (Å²) in [6.07, 6.45) is 0. The highest BCUT2D eigenvalue weighted by molar-refractivity contribution is 6.18. The van der Waals surface area contributed by atoms with Crippen LogP contribution in [0.1, 0.15) is 0 Å². The van der Waals surface area contributed by atoms with Gasteiger partial charge < -0.3 is 8.83 Å². The van der Waals surface area contributed by atoms with Gasteiger partial charge in [0.1, 0.15) is 22.3 Å². The van der Waals surface area contributed by atoms with Gasteiger partial charge in [0.05, 0.1) is 0 Å². The normalized spacial score (nSPS) is 11.8. The first-order valence-corrected chi connectivity index (χ1v) is 13.9. The molecule has 0 spiro atoms. The average molecular weight is 540 g/mol. The van der Waals surface area contributed by atoms with Gasteiger partial charge in [-0.2, -0.15) is 0 Å². The summed E-state index contributed by atoms with van der Waals surface area (Å²) in [5.41, 5.74) is 5.99. The minimum Gasteiger partial charge on any atom is -0.456 e. The van der Waals surface area contributed by atoms with Crippen molar-refractivity contribution in [2.75, 3.05) is 0 Å². The van der Waals surface area contributed by atoms with E-state index in [4.69, 9.17) is 23.8 Å². The molecule has 0 bridgehead atoms. The third kappa shape index (κ3) is 3.47. The minimum atomic E-state index is 0.580. The molecule has 0 aliphatic carbocycles. The van der Waals surface area contributed by atoms with Crippen molar-refractivity contribution in [2.24, 2.45) is 0 Å². The number of hydrogen-bond acceptors (Lipinski definition) is 5. The smallest absolute Gasteiger partial charge is 0.164 e. The molecular formula is C37H21N3O2. The number of aromatic nitrogens is 3. The van der Waals surface area contributed by atoms with E-state index in [1.807, 2.05) is 78.9 Å². The van der Waals surface area contributed by atoms with Crippen molar-refractivity contribution in [2.45, 2.75) is 0 Å². The molecule has 0 amide bonds. The molecule has 0 fully saturated rings. The first-order valence-electron chi connectivity index (χ1n) is 13.9. The van der Waals surface area contributed by atoms with Gasteiger partial charge in [-0.3, -0.25) is 0 Å². The second-order valence-corrected chi connectivity index (χ2v) is 10.4. The van der Waals surface area contributed by atoms with E-state index in [9.17, 15) is 0 Å². The third-order valence-electron chi connectivity index (χ3n) is 7.93. The van der Waals surface area contributed by atoms with Crippen LogP contribution in [0.5, 0.6) is 0 Å². The zero-order valence-corrected chi connectivity index (χ0v) is 22.3. The van der Waals surface area contributed by atoms with Crippen molar-refractivity contribution in [3.05, 3.63) is 127 Å². The van der Waals surface area contributed by atoms with Crippen molar-refractivity contribution in [3.8, 4) is 34.2 Å². The average Bonchev–Trinajstić information content (AvgIpc) is 3.63. The second-order valence-electron chi connectivity index (χ2n) is 10.4. The summed E-state index contributed by atoms with van der Waals surface area (Å²) in [6, 6.07) is 42.9. The van der Waals surface area contributed by atoms with Crippen LogP contribution in [0.2, 0.25) is 0 Å². The van der Waals surface area contributed by atoms with E-state index in [0.29, 0.717) is 17.5 Å². The predicted molar refractivity (Wildman–Crippen MR) is 168 cm³/mol. The number of hydrogen-bond donors (Lipinski definition) is 0. The molecule has 9 rings (SSSR count). The van der Waals surface area contributed by atoms with Crippen molar-refractivity contribution in [1.29, 1.82) is 0 Å². The molecular weight excluding hydrogens is 518 g/mol. The maximum atomic E-state index is 6.45. The Morgan fingerprint density at radius 1 is 0.405 bits per heavy atom. The fraction of sp³-hybridized carbons (Fsp3) is 0. The van der Waals surface area contributed by atoms with Gasteiger partial charge in [-0.05, 0) is 35.7 Å². The minimum absolute atomic E-state index is 0.580. The Balaban J connectivity index is 1.30. The lowest BCUT2D eigenvalue weighted by Crippen LogP contribution is -2.00. The monoisotopic (exact) mass is 539 g/mol. The van der Waals surface area contributed by atoms with Gasteiger partial charge in [0, 0.05) is 43.6 Å². The van der Waals surface area contributed by atoms with Gasteiger partial charge in [0.15, 0.2) is 17.5 Å². The van der Waals surface area contributed by atoms with E-state index < -0.39 is 0 Å². The van der Waals surface area contributed by atoms with Gasteiger partial charge in [-0.15, -0.1) is 0 Å². The summed E-state index contributed by atoms with van der Waals surface area (Å²) >= 11 is 0. The SMILES string of the molecule is c1ccc(-c2nc(-c3ccc4c(c3)oc3ccccc34)nc(-c3cccc4oc5c6ccccc6ccc5c34)n2)cc1. The van der Waals surface area contributed by atoms with Crippen molar-refractivity contribution >= 4 is 54.6 Å². The standard InChI is InChI=1S/C37H21N3O2/c1-2-10-23(11-3-1)35-38-36(24-18-19-27-26-13-6-7-15-30(26)41-32(27)21-24)40-37(39-35)29-14-8-16-31-33(29)28-20-17-22-9-4-5-12-25(22)34(28)42-31/h1-21H. The van der Waals surface area contributed by atoms with Crippen LogP contribution in [0.15, 0.2) is 136 Å². The number of rotatable bonds is 3. The van der Waals surface area contributed by atoms with Crippen LogP contribution in [0.25, 0.3) is 88.8 Å². The Labute approximate surface area is 239 Å². The Kier molecular flexibility index (Phi) is 4.83. The summed E-state index contributed by atoms with van der Waals surface area (Å²) in [6.45, 7) is 0. The fourth-order valence-corrected chi connectivity index (χ4v) is 5.95. The zero-order valence-electron chi connectivity index (χ0n) is 22.3. The molecule has 0 aliphatic heterocycles. The van der Waals surface area contributed by atoms with Crippen LogP contribution in [-0.4, -0.2) is 15.0 Å². The van der Waals surface area contributed by atoms with E-state index in [-0.39, 0.29) is 0 Å². The van der Waals surface area contributed by atoms with Gasteiger partial charge >= 0.3 is 0 Å². The summed E-state index contributed by atoms with van der Waals surface area (Å²) in [5, 5.41) is 6.39. The number of nitrogens with zero attached hydrogens (tertiary/aromatic N) is 3. The number of benzene rings is 6. The topological polar surface area (TPSA) is 65.0 Å². The molecule has 42 heavy (non-hydrogen) atoms. The van der Waals surface area contributed by atoms with Crippen LogP contribution in [-0.2, 0) is 0 Å². The fourth-order valence-electron chi connectivity index (χ4n) is 5.95. The lowest BCUT2D eigenvalue weighted by molar-refractivity contribution is 0.669. The Morgan fingerprint density at radius 3 is 2.00 bits per heavy atom. The van der Waals surface area contributed by atoms with Crippen LogP contribution in [0.4, 0.5) is 0 Å². The lowest BCUT2D eigenvalue weighted by atomic mass is 10.0. The third-order valence-corrected chi connectivity index (χ3v) is 7.93. The maximum absolute atomic E-state index is 6.45. The first-order chi connectivity index (χ1) is 20.8. The molecule has 196 valence electrons. The lowest BCUT2D eigenvalue weighted by Gasteiger charge is -2.09. The van der Waals surface area contributed by atoms with Crippen LogP contribution >= 0.6 is 0 Å². The zero-order chi connectivity index (χ0) is 27.6. The van der Waals surface area contributed by atoms with Gasteiger partial charge in [-0.1, -0.05) is 97.1 Å². The summed E-state index contributed by atoms with van der Waals surface area (Å²) in [4.78, 5) is 15.0. The molecule has 0 saturated heterocycles. The predicted octanol–water partition coefficient (Wildman–Crippen LogP) is 9.82. The van der Waals surface area contributed by atoms with Gasteiger partial charge in [0.2, 0.25) is 0 Å². The molecule has 0 N–H and O–H groups in total. The molecule has 5 nitrogen and oxygen atoms in total. The van der Waals surface area contributed by atoms with Gasteiger partial charge in [-0.25, -0.2) is 15.0 Å². The Hall–Kier alpha value is -5.81. The second kappa shape index (κ2) is 8.85. The highest BCUT2D eigenvalue weighted by atomic mass is 16.3. The molecule has 3 heterocycles. The van der Waals surface area contributed by atoms with Gasteiger partial charge in [0.25, 0.3) is 0 Å². The van der Waals surface area contributed by atoms with Crippen molar-refractivity contribution in [3.63, 3.8) is 0 Å². The summed E-state index contributed by atoms with van der Waals surface area (Å²) in [7, 11) is 0. The Morgan fingerprint density at radius 2 is 1.10 bits per heavy atom. The first kappa shape index (κ1) is 22.9. The molecule has 6 aromatic carbocycles. The molecule has 0 saturated carbocycles. The number of fused-ring (bicyclic) bond motifs is 8. The Bertz CT molecular complexity index is 2470. The highest BCUT2D eigenvalue weighted by Crippen LogP contribution is 2.39. The molecule has 0 unspecified atom stereocenters. The highest BCUT2D eigenvalue weighted by Gasteiger charge is 2.19. The molecule has 0 radical (unpaired) electrons. The largest absolute Gasteiger partial charge is 0.456 e. The van der Waals surface area contributed by atoms with Crippen LogP contribution < -0.4 is 0 Å². The molecule has 9 aromatic rings. The quantitative estimate of drug-likeness (QED) is 0.224. The van der Waals surface area contributed by atoms with Crippen molar-refractivity contribution in [1.82, 2.24) is 15.0 Å². The molecule has 0 atom stereocenters. The molecule has 3 aromatic heterocycles. The maximum Gasteiger partial charge on any atom is 0.164 e. The van der Waals surface area contributed by atoms with Crippen LogP contribution in [0.3, 0.4) is 0 Å². The molecule has 0 aliphatic rings. The van der Waals surface area contributed by atoms with E-state index >= 15 is 0 Å². The number of furan rings is 2. The van der Waals surface area contributed by atoms with E-state index in [0.717, 1.165) is 71.3 Å². The summed E-state index contributed by atoms with van der Waals surface area (Å²) in [5.74, 6) is 1.78.